The van der Waals surface area contributed by atoms with Gasteiger partial charge in [-0.05, 0) is 48.4 Å². The maximum atomic E-state index is 12.4. The summed E-state index contributed by atoms with van der Waals surface area (Å²) in [4.78, 5) is 13.0. The van der Waals surface area contributed by atoms with Gasteiger partial charge in [0.2, 0.25) is 0 Å². The first kappa shape index (κ1) is 11.7. The number of hydrogen-bond donors (Lipinski definition) is 0. The number of nitrogens with zero attached hydrogens (tertiary/aromatic N) is 2. The Morgan fingerprint density at radius 2 is 2.21 bits per heavy atom. The lowest BCUT2D eigenvalue weighted by Gasteiger charge is -2.04. The first-order chi connectivity index (χ1) is 6.45. The molecule has 0 unspecified atom stereocenters. The maximum absolute atomic E-state index is 12.4. The molecule has 0 amide bonds. The minimum Gasteiger partial charge on any atom is -0.358 e. The minimum atomic E-state index is -2.77. The standard InChI is InChI=1S/C6H2BrF2IN2O2/c7-2-1-11-6(12(13)14)4(10)3(2)5(8)9/h1,5H. The van der Waals surface area contributed by atoms with Gasteiger partial charge in [-0.25, -0.2) is 8.78 Å². The molecule has 76 valence electrons. The van der Waals surface area contributed by atoms with Crippen molar-refractivity contribution in [2.24, 2.45) is 0 Å². The van der Waals surface area contributed by atoms with Gasteiger partial charge in [0.15, 0.2) is 6.20 Å². The lowest BCUT2D eigenvalue weighted by molar-refractivity contribution is -0.390. The van der Waals surface area contributed by atoms with Crippen molar-refractivity contribution in [3.05, 3.63) is 29.9 Å². The van der Waals surface area contributed by atoms with Crippen LogP contribution in [-0.2, 0) is 0 Å². The van der Waals surface area contributed by atoms with Crippen molar-refractivity contribution in [3.8, 4) is 0 Å². The second-order valence-electron chi connectivity index (χ2n) is 2.22. The monoisotopic (exact) mass is 378 g/mol. The highest BCUT2D eigenvalue weighted by Gasteiger charge is 2.25. The van der Waals surface area contributed by atoms with Crippen LogP contribution in [0.2, 0.25) is 0 Å². The molecule has 0 radical (unpaired) electrons. The van der Waals surface area contributed by atoms with Crippen molar-refractivity contribution in [1.29, 1.82) is 0 Å². The fraction of sp³-hybridized carbons (Fsp3) is 0.167. The van der Waals surface area contributed by atoms with Gasteiger partial charge >= 0.3 is 5.82 Å². The number of halogens is 4. The fourth-order valence-electron chi connectivity index (χ4n) is 0.797. The van der Waals surface area contributed by atoms with Gasteiger partial charge in [0.1, 0.15) is 3.57 Å². The summed E-state index contributed by atoms with van der Waals surface area (Å²) in [5.74, 6) is -0.552. The van der Waals surface area contributed by atoms with E-state index < -0.39 is 22.7 Å². The van der Waals surface area contributed by atoms with E-state index in [1.165, 1.54) is 22.6 Å². The molecule has 4 nitrogen and oxygen atoms in total. The Morgan fingerprint density at radius 1 is 1.64 bits per heavy atom. The van der Waals surface area contributed by atoms with Crippen LogP contribution in [0.1, 0.15) is 12.0 Å². The van der Waals surface area contributed by atoms with E-state index in [0.29, 0.717) is 0 Å². The van der Waals surface area contributed by atoms with E-state index in [4.69, 9.17) is 0 Å². The smallest absolute Gasteiger partial charge is 0.358 e. The Bertz CT molecular complexity index is 388. The molecule has 0 atom stereocenters. The van der Waals surface area contributed by atoms with Gasteiger partial charge in [-0.3, -0.25) is 0 Å². The van der Waals surface area contributed by atoms with E-state index >= 15 is 0 Å². The Balaban J connectivity index is 3.41. The summed E-state index contributed by atoms with van der Waals surface area (Å²) in [7, 11) is 0. The molecular formula is C6H2BrF2IN2O2. The summed E-state index contributed by atoms with van der Waals surface area (Å²) in [6.07, 6.45) is -1.76. The second kappa shape index (κ2) is 4.43. The van der Waals surface area contributed by atoms with E-state index in [2.05, 4.69) is 20.9 Å². The second-order valence-corrected chi connectivity index (χ2v) is 4.15. The van der Waals surface area contributed by atoms with Crippen LogP contribution in [0.5, 0.6) is 0 Å². The molecule has 1 aromatic rings. The van der Waals surface area contributed by atoms with Gasteiger partial charge in [-0.2, -0.15) is 0 Å². The molecule has 0 spiro atoms. The van der Waals surface area contributed by atoms with Crippen LogP contribution in [0, 0.1) is 13.7 Å². The summed E-state index contributed by atoms with van der Waals surface area (Å²) in [6, 6.07) is 0. The van der Waals surface area contributed by atoms with Gasteiger partial charge in [0, 0.05) is 0 Å². The summed E-state index contributed by atoms with van der Waals surface area (Å²) < 4.78 is 24.8. The zero-order chi connectivity index (χ0) is 10.9. The molecule has 14 heavy (non-hydrogen) atoms. The van der Waals surface area contributed by atoms with Crippen LogP contribution in [0.15, 0.2) is 10.7 Å². The zero-order valence-electron chi connectivity index (χ0n) is 6.38. The third-order valence-corrected chi connectivity index (χ3v) is 3.08. The predicted octanol–water partition coefficient (Wildman–Crippen LogP) is 3.29. The Morgan fingerprint density at radius 3 is 2.64 bits per heavy atom. The highest BCUT2D eigenvalue weighted by Crippen LogP contribution is 2.34. The van der Waals surface area contributed by atoms with Crippen LogP contribution in [0.25, 0.3) is 0 Å². The Hall–Kier alpha value is -0.380. The summed E-state index contributed by atoms with van der Waals surface area (Å²) >= 11 is 4.34. The highest BCUT2D eigenvalue weighted by atomic mass is 127. The van der Waals surface area contributed by atoms with Crippen LogP contribution in [0.4, 0.5) is 14.6 Å². The number of hydrogen-bond acceptors (Lipinski definition) is 3. The van der Waals surface area contributed by atoms with E-state index in [1.807, 2.05) is 0 Å². The van der Waals surface area contributed by atoms with Crippen LogP contribution in [0.3, 0.4) is 0 Å². The summed E-state index contributed by atoms with van der Waals surface area (Å²) in [5, 5.41) is 10.4. The largest absolute Gasteiger partial charge is 0.377 e. The molecule has 1 aromatic heterocycles. The van der Waals surface area contributed by atoms with Gasteiger partial charge in [-0.1, -0.05) is 0 Å². The average Bonchev–Trinajstić information content (AvgIpc) is 2.02. The Kier molecular flexibility index (Phi) is 3.70. The maximum Gasteiger partial charge on any atom is 0.377 e. The van der Waals surface area contributed by atoms with Gasteiger partial charge in [-0.15, -0.1) is 0 Å². The normalized spacial score (nSPS) is 10.6. The average molecular weight is 379 g/mol. The van der Waals surface area contributed by atoms with Crippen molar-refractivity contribution in [2.75, 3.05) is 0 Å². The van der Waals surface area contributed by atoms with Crippen LogP contribution < -0.4 is 0 Å². The van der Waals surface area contributed by atoms with Crippen LogP contribution >= 0.6 is 38.5 Å². The lowest BCUT2D eigenvalue weighted by atomic mass is 10.3. The van der Waals surface area contributed by atoms with Gasteiger partial charge in [0.25, 0.3) is 6.43 Å². The van der Waals surface area contributed by atoms with Crippen molar-refractivity contribution in [3.63, 3.8) is 0 Å². The van der Waals surface area contributed by atoms with Gasteiger partial charge < -0.3 is 10.1 Å². The molecular weight excluding hydrogens is 377 g/mol. The summed E-state index contributed by atoms with van der Waals surface area (Å²) in [5.41, 5.74) is -0.396. The molecule has 0 aliphatic heterocycles. The van der Waals surface area contributed by atoms with E-state index in [1.54, 1.807) is 0 Å². The molecule has 0 aromatic carbocycles. The molecule has 8 heteroatoms. The van der Waals surface area contributed by atoms with Gasteiger partial charge in [0.05, 0.1) is 10.0 Å². The molecule has 0 fully saturated rings. The van der Waals surface area contributed by atoms with Crippen LogP contribution in [-0.4, -0.2) is 9.91 Å². The Labute approximate surface area is 99.1 Å². The number of nitro groups is 1. The molecule has 0 saturated heterocycles. The number of alkyl halides is 2. The lowest BCUT2D eigenvalue weighted by Crippen LogP contribution is -2.00. The number of aromatic nitrogens is 1. The van der Waals surface area contributed by atoms with Crippen molar-refractivity contribution in [1.82, 2.24) is 4.98 Å². The topological polar surface area (TPSA) is 56.0 Å². The molecule has 1 rings (SSSR count). The molecule has 0 aliphatic rings. The zero-order valence-corrected chi connectivity index (χ0v) is 10.1. The molecule has 0 bridgehead atoms. The molecule has 1 heterocycles. The quantitative estimate of drug-likeness (QED) is 0.450. The van der Waals surface area contributed by atoms with Crippen molar-refractivity contribution < 1.29 is 13.7 Å². The SMILES string of the molecule is O=[N+]([O-])c1ncc(Br)c(C(F)F)c1I. The third-order valence-electron chi connectivity index (χ3n) is 1.38. The van der Waals surface area contributed by atoms with E-state index in [-0.39, 0.29) is 8.04 Å². The van der Waals surface area contributed by atoms with Crippen molar-refractivity contribution in [2.45, 2.75) is 6.43 Å². The van der Waals surface area contributed by atoms with Crippen molar-refractivity contribution >= 4 is 44.3 Å². The van der Waals surface area contributed by atoms with E-state index in [0.717, 1.165) is 6.20 Å². The molecule has 0 saturated carbocycles. The minimum absolute atomic E-state index is 0.0718. The first-order valence-electron chi connectivity index (χ1n) is 3.21. The third kappa shape index (κ3) is 2.16. The number of pyridine rings is 1. The van der Waals surface area contributed by atoms with E-state index in [9.17, 15) is 18.9 Å². The molecule has 0 aliphatic carbocycles. The molecule has 0 N–H and O–H groups in total. The summed E-state index contributed by atoms with van der Waals surface area (Å²) in [6.45, 7) is 0. The first-order valence-corrected chi connectivity index (χ1v) is 5.08. The highest BCUT2D eigenvalue weighted by molar-refractivity contribution is 14.1. The fourth-order valence-corrected chi connectivity index (χ4v) is 2.50. The number of rotatable bonds is 2. The predicted molar refractivity (Wildman–Crippen MR) is 56.3 cm³/mol.